The SMILES string of the molecule is CCN(CCC(N)C(C)(C)C)c1cccc(C)c1. The van der Waals surface area contributed by atoms with Gasteiger partial charge in [0.25, 0.3) is 0 Å². The summed E-state index contributed by atoms with van der Waals surface area (Å²) in [5.74, 6) is 0. The molecule has 0 saturated carbocycles. The first-order valence-corrected chi connectivity index (χ1v) is 6.91. The Bertz CT molecular complexity index is 366. The van der Waals surface area contributed by atoms with Crippen LogP contribution >= 0.6 is 0 Å². The number of rotatable bonds is 5. The van der Waals surface area contributed by atoms with Crippen LogP contribution in [0.1, 0.15) is 39.7 Å². The van der Waals surface area contributed by atoms with Crippen LogP contribution in [0, 0.1) is 12.3 Å². The number of aryl methyl sites for hydroxylation is 1. The van der Waals surface area contributed by atoms with E-state index in [1.54, 1.807) is 0 Å². The summed E-state index contributed by atoms with van der Waals surface area (Å²) in [5.41, 5.74) is 9.04. The predicted molar refractivity (Wildman–Crippen MR) is 81.1 cm³/mol. The Labute approximate surface area is 112 Å². The number of anilines is 1. The highest BCUT2D eigenvalue weighted by atomic mass is 15.1. The molecule has 0 radical (unpaired) electrons. The highest BCUT2D eigenvalue weighted by Gasteiger charge is 2.20. The van der Waals surface area contributed by atoms with Gasteiger partial charge in [0.15, 0.2) is 0 Å². The molecular formula is C16H28N2. The highest BCUT2D eigenvalue weighted by molar-refractivity contribution is 5.48. The standard InChI is InChI=1S/C16H28N2/c1-6-18(11-10-15(17)16(3,4)5)14-9-7-8-13(2)12-14/h7-9,12,15H,6,10-11,17H2,1-5H3. The fourth-order valence-electron chi connectivity index (χ4n) is 2.02. The third-order valence-electron chi connectivity index (χ3n) is 3.57. The van der Waals surface area contributed by atoms with Crippen molar-refractivity contribution >= 4 is 5.69 Å². The van der Waals surface area contributed by atoms with Crippen molar-refractivity contribution in [3.8, 4) is 0 Å². The molecule has 1 aromatic carbocycles. The van der Waals surface area contributed by atoms with Crippen molar-refractivity contribution in [1.29, 1.82) is 0 Å². The van der Waals surface area contributed by atoms with Crippen LogP contribution in [0.4, 0.5) is 5.69 Å². The Kier molecular flexibility index (Phi) is 5.21. The van der Waals surface area contributed by atoms with E-state index < -0.39 is 0 Å². The third kappa shape index (κ3) is 4.34. The summed E-state index contributed by atoms with van der Waals surface area (Å²) >= 11 is 0. The van der Waals surface area contributed by atoms with Gasteiger partial charge in [-0.3, -0.25) is 0 Å². The van der Waals surface area contributed by atoms with Gasteiger partial charge in [-0.1, -0.05) is 32.9 Å². The second-order valence-corrected chi connectivity index (χ2v) is 6.18. The fourth-order valence-corrected chi connectivity index (χ4v) is 2.02. The fraction of sp³-hybridized carbons (Fsp3) is 0.625. The first-order valence-electron chi connectivity index (χ1n) is 6.91. The zero-order valence-corrected chi connectivity index (χ0v) is 12.5. The monoisotopic (exact) mass is 248 g/mol. The lowest BCUT2D eigenvalue weighted by Crippen LogP contribution is -2.38. The van der Waals surface area contributed by atoms with Crippen LogP contribution in [0.5, 0.6) is 0 Å². The summed E-state index contributed by atoms with van der Waals surface area (Å²) in [5, 5.41) is 0. The smallest absolute Gasteiger partial charge is 0.0368 e. The quantitative estimate of drug-likeness (QED) is 0.863. The Hall–Kier alpha value is -1.02. The highest BCUT2D eigenvalue weighted by Crippen LogP contribution is 2.22. The zero-order chi connectivity index (χ0) is 13.8. The number of nitrogens with zero attached hydrogens (tertiary/aromatic N) is 1. The molecule has 0 aliphatic heterocycles. The second kappa shape index (κ2) is 6.24. The van der Waals surface area contributed by atoms with Crippen LogP contribution in [0.3, 0.4) is 0 Å². The molecule has 2 heteroatoms. The van der Waals surface area contributed by atoms with Crippen molar-refractivity contribution in [2.45, 2.75) is 47.1 Å². The molecule has 1 unspecified atom stereocenters. The number of nitrogens with two attached hydrogens (primary N) is 1. The van der Waals surface area contributed by atoms with Gasteiger partial charge < -0.3 is 10.6 Å². The first kappa shape index (κ1) is 15.0. The molecule has 1 aromatic rings. The second-order valence-electron chi connectivity index (χ2n) is 6.18. The van der Waals surface area contributed by atoms with E-state index in [4.69, 9.17) is 5.73 Å². The van der Waals surface area contributed by atoms with Crippen molar-refractivity contribution in [3.05, 3.63) is 29.8 Å². The number of benzene rings is 1. The maximum absolute atomic E-state index is 6.24. The van der Waals surface area contributed by atoms with Crippen molar-refractivity contribution in [3.63, 3.8) is 0 Å². The largest absolute Gasteiger partial charge is 0.372 e. The van der Waals surface area contributed by atoms with Gasteiger partial charge in [0.1, 0.15) is 0 Å². The zero-order valence-electron chi connectivity index (χ0n) is 12.5. The summed E-state index contributed by atoms with van der Waals surface area (Å²) in [7, 11) is 0. The minimum absolute atomic E-state index is 0.187. The van der Waals surface area contributed by atoms with Crippen molar-refractivity contribution in [2.24, 2.45) is 11.1 Å². The first-order chi connectivity index (χ1) is 8.34. The van der Waals surface area contributed by atoms with Gasteiger partial charge in [-0.05, 0) is 43.4 Å². The van der Waals surface area contributed by atoms with Crippen LogP contribution in [0.15, 0.2) is 24.3 Å². The van der Waals surface area contributed by atoms with E-state index in [0.29, 0.717) is 0 Å². The third-order valence-corrected chi connectivity index (χ3v) is 3.57. The van der Waals surface area contributed by atoms with Crippen LogP contribution in [-0.4, -0.2) is 19.1 Å². The van der Waals surface area contributed by atoms with E-state index in [1.807, 2.05) is 0 Å². The van der Waals surface area contributed by atoms with Crippen LogP contribution in [0.2, 0.25) is 0 Å². The van der Waals surface area contributed by atoms with Gasteiger partial charge >= 0.3 is 0 Å². The predicted octanol–water partition coefficient (Wildman–Crippen LogP) is 3.58. The van der Waals surface area contributed by atoms with Crippen molar-refractivity contribution in [1.82, 2.24) is 0 Å². The van der Waals surface area contributed by atoms with Gasteiger partial charge in [0.2, 0.25) is 0 Å². The van der Waals surface area contributed by atoms with Crippen LogP contribution in [0.25, 0.3) is 0 Å². The molecule has 0 aliphatic rings. The molecule has 1 rings (SSSR count). The Morgan fingerprint density at radius 2 is 1.94 bits per heavy atom. The van der Waals surface area contributed by atoms with E-state index in [1.165, 1.54) is 11.3 Å². The van der Waals surface area contributed by atoms with Crippen molar-refractivity contribution < 1.29 is 0 Å². The van der Waals surface area contributed by atoms with Crippen LogP contribution in [-0.2, 0) is 0 Å². The lowest BCUT2D eigenvalue weighted by molar-refractivity contribution is 0.307. The molecule has 0 aliphatic carbocycles. The molecule has 0 aromatic heterocycles. The molecule has 18 heavy (non-hydrogen) atoms. The Morgan fingerprint density at radius 3 is 2.44 bits per heavy atom. The van der Waals surface area contributed by atoms with Gasteiger partial charge in [-0.2, -0.15) is 0 Å². The molecule has 0 fully saturated rings. The summed E-state index contributed by atoms with van der Waals surface area (Å²) in [6.07, 6.45) is 1.03. The molecule has 0 spiro atoms. The molecule has 0 amide bonds. The van der Waals surface area contributed by atoms with E-state index in [2.05, 4.69) is 63.8 Å². The minimum Gasteiger partial charge on any atom is -0.372 e. The average Bonchev–Trinajstić information content (AvgIpc) is 2.28. The summed E-state index contributed by atoms with van der Waals surface area (Å²) in [6.45, 7) is 13.0. The lowest BCUT2D eigenvalue weighted by Gasteiger charge is -2.30. The maximum Gasteiger partial charge on any atom is 0.0368 e. The maximum atomic E-state index is 6.24. The molecule has 0 saturated heterocycles. The Morgan fingerprint density at radius 1 is 1.28 bits per heavy atom. The molecule has 1 atom stereocenters. The Balaban J connectivity index is 2.63. The topological polar surface area (TPSA) is 29.3 Å². The van der Waals surface area contributed by atoms with E-state index in [-0.39, 0.29) is 11.5 Å². The normalized spacial score (nSPS) is 13.4. The number of hydrogen-bond acceptors (Lipinski definition) is 2. The number of hydrogen-bond donors (Lipinski definition) is 1. The van der Waals surface area contributed by atoms with E-state index >= 15 is 0 Å². The summed E-state index contributed by atoms with van der Waals surface area (Å²) in [6, 6.07) is 8.93. The lowest BCUT2D eigenvalue weighted by atomic mass is 9.85. The van der Waals surface area contributed by atoms with Crippen LogP contribution < -0.4 is 10.6 Å². The molecule has 0 bridgehead atoms. The molecule has 0 heterocycles. The molecule has 2 N–H and O–H groups in total. The van der Waals surface area contributed by atoms with Crippen molar-refractivity contribution in [2.75, 3.05) is 18.0 Å². The minimum atomic E-state index is 0.187. The molecular weight excluding hydrogens is 220 g/mol. The van der Waals surface area contributed by atoms with Gasteiger partial charge in [-0.25, -0.2) is 0 Å². The van der Waals surface area contributed by atoms with Gasteiger partial charge in [0, 0.05) is 24.8 Å². The summed E-state index contributed by atoms with van der Waals surface area (Å²) in [4.78, 5) is 2.40. The van der Waals surface area contributed by atoms with Gasteiger partial charge in [0.05, 0.1) is 0 Å². The molecule has 2 nitrogen and oxygen atoms in total. The average molecular weight is 248 g/mol. The van der Waals surface area contributed by atoms with E-state index in [0.717, 1.165) is 19.5 Å². The van der Waals surface area contributed by atoms with Gasteiger partial charge in [-0.15, -0.1) is 0 Å². The summed E-state index contributed by atoms with van der Waals surface area (Å²) < 4.78 is 0. The van der Waals surface area contributed by atoms with E-state index in [9.17, 15) is 0 Å². The molecule has 102 valence electrons.